The Morgan fingerprint density at radius 3 is 2.41 bits per heavy atom. The summed E-state index contributed by atoms with van der Waals surface area (Å²) in [5.41, 5.74) is 0.626. The van der Waals surface area contributed by atoms with E-state index in [2.05, 4.69) is 5.32 Å². The monoisotopic (exact) mass is 239 g/mol. The lowest BCUT2D eigenvalue weighted by Crippen LogP contribution is -2.16. The molecule has 0 heterocycles. The summed E-state index contributed by atoms with van der Waals surface area (Å²) in [6, 6.07) is 5.77. The minimum absolute atomic E-state index is 0.156. The highest BCUT2D eigenvalue weighted by Gasteiger charge is 2.05. The van der Waals surface area contributed by atoms with Crippen LogP contribution in [0.15, 0.2) is 24.3 Å². The molecule has 0 aliphatic rings. The van der Waals surface area contributed by atoms with Gasteiger partial charge in [-0.15, -0.1) is 0 Å². The zero-order valence-corrected chi connectivity index (χ0v) is 9.30. The van der Waals surface area contributed by atoms with Crippen LogP contribution in [0, 0.1) is 0 Å². The smallest absolute Gasteiger partial charge is 0.411 e. The van der Waals surface area contributed by atoms with Gasteiger partial charge >= 0.3 is 12.1 Å². The number of carboxylic acids is 1. The number of carboxylic acid groups (broad SMARTS) is 1. The van der Waals surface area contributed by atoms with Crippen LogP contribution in [0.4, 0.5) is 10.5 Å². The topological polar surface area (TPSA) is 84.9 Å². The number of ether oxygens (including phenoxy) is 2. The first-order valence-electron chi connectivity index (χ1n) is 4.89. The zero-order valence-electron chi connectivity index (χ0n) is 9.30. The van der Waals surface area contributed by atoms with E-state index < -0.39 is 12.1 Å². The number of nitrogens with one attached hydrogen (secondary N) is 1. The normalized spacial score (nSPS) is 9.71. The molecule has 6 nitrogen and oxygen atoms in total. The maximum atomic E-state index is 11.2. The van der Waals surface area contributed by atoms with E-state index in [4.69, 9.17) is 14.6 Å². The number of rotatable bonds is 5. The molecular weight excluding hydrogens is 226 g/mol. The third kappa shape index (κ3) is 4.52. The van der Waals surface area contributed by atoms with E-state index in [1.807, 2.05) is 0 Å². The van der Waals surface area contributed by atoms with Crippen LogP contribution < -0.4 is 5.32 Å². The second-order valence-electron chi connectivity index (χ2n) is 3.14. The van der Waals surface area contributed by atoms with Crippen molar-refractivity contribution in [3.8, 4) is 0 Å². The minimum atomic E-state index is -1.01. The molecule has 0 aromatic heterocycles. The van der Waals surface area contributed by atoms with Gasteiger partial charge in [-0.1, -0.05) is 0 Å². The van der Waals surface area contributed by atoms with Crippen LogP contribution in [0.25, 0.3) is 0 Å². The van der Waals surface area contributed by atoms with Gasteiger partial charge in [-0.3, -0.25) is 5.32 Å². The molecule has 1 aromatic rings. The van der Waals surface area contributed by atoms with Gasteiger partial charge in [0.25, 0.3) is 0 Å². The van der Waals surface area contributed by atoms with E-state index in [9.17, 15) is 9.59 Å². The molecule has 0 saturated heterocycles. The Morgan fingerprint density at radius 1 is 1.24 bits per heavy atom. The quantitative estimate of drug-likeness (QED) is 0.762. The summed E-state index contributed by atoms with van der Waals surface area (Å²) in [5.74, 6) is -1.01. The molecule has 0 aliphatic heterocycles. The van der Waals surface area contributed by atoms with Gasteiger partial charge in [0.05, 0.1) is 12.2 Å². The third-order valence-electron chi connectivity index (χ3n) is 1.90. The van der Waals surface area contributed by atoms with Gasteiger partial charge in [0, 0.05) is 12.8 Å². The fourth-order valence-corrected chi connectivity index (χ4v) is 1.07. The van der Waals surface area contributed by atoms with Crippen LogP contribution in [0.3, 0.4) is 0 Å². The first kappa shape index (κ1) is 13.0. The van der Waals surface area contributed by atoms with Crippen molar-refractivity contribution in [2.24, 2.45) is 0 Å². The fraction of sp³-hybridized carbons (Fsp3) is 0.273. The Morgan fingerprint density at radius 2 is 1.88 bits per heavy atom. The Labute approximate surface area is 98.2 Å². The second-order valence-corrected chi connectivity index (χ2v) is 3.14. The molecule has 0 aliphatic carbocycles. The molecular formula is C11H13NO5. The number of hydrogen-bond donors (Lipinski definition) is 2. The lowest BCUT2D eigenvalue weighted by atomic mass is 10.2. The van der Waals surface area contributed by atoms with Crippen LogP contribution in [0.5, 0.6) is 0 Å². The van der Waals surface area contributed by atoms with Gasteiger partial charge in [0.15, 0.2) is 0 Å². The Bertz CT molecular complexity index is 387. The first-order valence-corrected chi connectivity index (χ1v) is 4.89. The van der Waals surface area contributed by atoms with Gasteiger partial charge in [-0.05, 0) is 24.3 Å². The number of anilines is 1. The van der Waals surface area contributed by atoms with E-state index in [0.29, 0.717) is 12.3 Å². The predicted octanol–water partition coefficient (Wildman–Crippen LogP) is 1.58. The highest BCUT2D eigenvalue weighted by atomic mass is 16.6. The molecule has 1 rings (SSSR count). The van der Waals surface area contributed by atoms with Crippen molar-refractivity contribution in [2.45, 2.75) is 0 Å². The number of benzene rings is 1. The fourth-order valence-electron chi connectivity index (χ4n) is 1.07. The van der Waals surface area contributed by atoms with Gasteiger partial charge in [0.2, 0.25) is 0 Å². The van der Waals surface area contributed by atoms with Crippen LogP contribution in [-0.4, -0.2) is 37.5 Å². The molecule has 0 unspecified atom stereocenters. The van der Waals surface area contributed by atoms with Gasteiger partial charge < -0.3 is 14.6 Å². The minimum Gasteiger partial charge on any atom is -0.478 e. The number of amides is 1. The van der Waals surface area contributed by atoms with E-state index in [0.717, 1.165) is 0 Å². The van der Waals surface area contributed by atoms with Crippen molar-refractivity contribution < 1.29 is 24.2 Å². The molecule has 1 amide bonds. The lowest BCUT2D eigenvalue weighted by Gasteiger charge is -2.06. The predicted molar refractivity (Wildman–Crippen MR) is 60.2 cm³/mol. The van der Waals surface area contributed by atoms with Crippen LogP contribution >= 0.6 is 0 Å². The van der Waals surface area contributed by atoms with E-state index in [-0.39, 0.29) is 12.2 Å². The molecule has 0 atom stereocenters. The summed E-state index contributed by atoms with van der Waals surface area (Å²) in [5, 5.41) is 11.1. The number of methoxy groups -OCH3 is 1. The number of hydrogen-bond acceptors (Lipinski definition) is 4. The highest BCUT2D eigenvalue weighted by molar-refractivity contribution is 5.89. The summed E-state index contributed by atoms with van der Waals surface area (Å²) < 4.78 is 9.49. The van der Waals surface area contributed by atoms with Gasteiger partial charge in [0.1, 0.15) is 6.61 Å². The molecule has 0 fully saturated rings. The third-order valence-corrected chi connectivity index (χ3v) is 1.90. The summed E-state index contributed by atoms with van der Waals surface area (Å²) in [4.78, 5) is 21.8. The average Bonchev–Trinajstić information content (AvgIpc) is 2.30. The molecule has 0 bridgehead atoms. The summed E-state index contributed by atoms with van der Waals surface area (Å²) in [7, 11) is 1.51. The maximum Gasteiger partial charge on any atom is 0.411 e. The first-order chi connectivity index (χ1) is 8.13. The number of carbonyl (C=O) groups excluding carboxylic acids is 1. The van der Waals surface area contributed by atoms with Crippen molar-refractivity contribution in [2.75, 3.05) is 25.6 Å². The molecule has 17 heavy (non-hydrogen) atoms. The maximum absolute atomic E-state index is 11.2. The van der Waals surface area contributed by atoms with E-state index in [1.54, 1.807) is 0 Å². The van der Waals surface area contributed by atoms with Gasteiger partial charge in [-0.25, -0.2) is 9.59 Å². The standard InChI is InChI=1S/C11H13NO5/c1-16-6-7-17-11(15)12-9-4-2-8(3-5-9)10(13)14/h2-5H,6-7H2,1H3,(H,12,15)(H,13,14). The van der Waals surface area contributed by atoms with Crippen LogP contribution in [0.1, 0.15) is 10.4 Å². The van der Waals surface area contributed by atoms with Crippen molar-refractivity contribution >= 4 is 17.7 Å². The van der Waals surface area contributed by atoms with Crippen LogP contribution in [0.2, 0.25) is 0 Å². The Kier molecular flexibility index (Phi) is 4.96. The highest BCUT2D eigenvalue weighted by Crippen LogP contribution is 2.09. The Hall–Kier alpha value is -2.08. The van der Waals surface area contributed by atoms with Crippen molar-refractivity contribution in [1.29, 1.82) is 0 Å². The van der Waals surface area contributed by atoms with E-state index in [1.165, 1.54) is 31.4 Å². The molecule has 6 heteroatoms. The number of carbonyl (C=O) groups is 2. The van der Waals surface area contributed by atoms with Gasteiger partial charge in [-0.2, -0.15) is 0 Å². The zero-order chi connectivity index (χ0) is 12.7. The molecule has 2 N–H and O–H groups in total. The molecule has 0 saturated carbocycles. The largest absolute Gasteiger partial charge is 0.478 e. The summed E-state index contributed by atoms with van der Waals surface area (Å²) in [6.07, 6.45) is -0.606. The van der Waals surface area contributed by atoms with Crippen molar-refractivity contribution in [3.05, 3.63) is 29.8 Å². The molecule has 0 spiro atoms. The molecule has 92 valence electrons. The summed E-state index contributed by atoms with van der Waals surface area (Å²) >= 11 is 0. The van der Waals surface area contributed by atoms with E-state index >= 15 is 0 Å². The summed E-state index contributed by atoms with van der Waals surface area (Å²) in [6.45, 7) is 0.487. The molecule has 0 radical (unpaired) electrons. The molecule has 1 aromatic carbocycles. The van der Waals surface area contributed by atoms with Crippen molar-refractivity contribution in [3.63, 3.8) is 0 Å². The lowest BCUT2D eigenvalue weighted by molar-refractivity contribution is 0.0697. The van der Waals surface area contributed by atoms with Crippen LogP contribution in [-0.2, 0) is 9.47 Å². The second kappa shape index (κ2) is 6.49. The Balaban J connectivity index is 2.46. The SMILES string of the molecule is COCCOC(=O)Nc1ccc(C(=O)O)cc1. The number of aromatic carboxylic acids is 1. The van der Waals surface area contributed by atoms with Crippen molar-refractivity contribution in [1.82, 2.24) is 0 Å². The average molecular weight is 239 g/mol.